The van der Waals surface area contributed by atoms with Crippen LogP contribution in [0.2, 0.25) is 0 Å². The predicted molar refractivity (Wildman–Crippen MR) is 144 cm³/mol. The van der Waals surface area contributed by atoms with E-state index in [1.54, 1.807) is 6.20 Å². The van der Waals surface area contributed by atoms with Gasteiger partial charge in [-0.1, -0.05) is 6.07 Å². The molecule has 0 spiro atoms. The summed E-state index contributed by atoms with van der Waals surface area (Å²) in [4.78, 5) is 23.8. The quantitative estimate of drug-likeness (QED) is 0.379. The second kappa shape index (κ2) is 9.40. The molecule has 0 aliphatic carbocycles. The Bertz CT molecular complexity index is 1550. The lowest BCUT2D eigenvalue weighted by molar-refractivity contribution is 0.312. The van der Waals surface area contributed by atoms with Gasteiger partial charge in [0, 0.05) is 56.9 Å². The maximum Gasteiger partial charge on any atom is 0.203 e. The molecule has 0 saturated carbocycles. The molecule has 190 valence electrons. The summed E-state index contributed by atoms with van der Waals surface area (Å²) in [7, 11) is 2.16. The van der Waals surface area contributed by atoms with Crippen LogP contribution < -0.4 is 10.2 Å². The first-order valence-corrected chi connectivity index (χ1v) is 12.6. The van der Waals surface area contributed by atoms with Crippen molar-refractivity contribution >= 4 is 28.3 Å². The number of likely N-dealkylation sites (N-methyl/N-ethyl adjacent to an activating group) is 1. The maximum atomic E-state index is 5.03. The molecule has 6 rings (SSSR count). The molecule has 1 aliphatic heterocycles. The largest absolute Gasteiger partial charge is 0.365 e. The van der Waals surface area contributed by atoms with Crippen molar-refractivity contribution in [2.75, 3.05) is 43.4 Å². The Hall–Kier alpha value is -4.12. The van der Waals surface area contributed by atoms with Crippen molar-refractivity contribution < 1.29 is 0 Å². The van der Waals surface area contributed by atoms with Gasteiger partial charge in [0.25, 0.3) is 0 Å². The molecule has 1 fully saturated rings. The van der Waals surface area contributed by atoms with E-state index in [0.29, 0.717) is 18.0 Å². The van der Waals surface area contributed by atoms with E-state index in [1.807, 2.05) is 36.0 Å². The van der Waals surface area contributed by atoms with Crippen molar-refractivity contribution in [3.8, 4) is 11.5 Å². The smallest absolute Gasteiger partial charge is 0.203 e. The average Bonchev–Trinajstić information content (AvgIpc) is 3.45. The van der Waals surface area contributed by atoms with Crippen LogP contribution in [0.5, 0.6) is 0 Å². The lowest BCUT2D eigenvalue weighted by Gasteiger charge is -2.33. The number of hydrogen-bond donors (Lipinski definition) is 1. The van der Waals surface area contributed by atoms with Crippen molar-refractivity contribution in [3.05, 3.63) is 54.4 Å². The zero-order chi connectivity index (χ0) is 25.5. The molecular formula is C26H31N11. The second-order valence-corrected chi connectivity index (χ2v) is 9.92. The first kappa shape index (κ1) is 23.3. The predicted octanol–water partition coefficient (Wildman–Crippen LogP) is 2.86. The number of imidazole rings is 1. The van der Waals surface area contributed by atoms with E-state index in [4.69, 9.17) is 15.0 Å². The Morgan fingerprint density at radius 1 is 1.05 bits per heavy atom. The minimum Gasteiger partial charge on any atom is -0.365 e. The van der Waals surface area contributed by atoms with Crippen LogP contribution in [0.4, 0.5) is 11.6 Å². The van der Waals surface area contributed by atoms with Gasteiger partial charge in [-0.3, -0.25) is 9.38 Å². The molecular weight excluding hydrogens is 466 g/mol. The van der Waals surface area contributed by atoms with Gasteiger partial charge in [0.15, 0.2) is 11.6 Å². The van der Waals surface area contributed by atoms with Gasteiger partial charge >= 0.3 is 0 Å². The third kappa shape index (κ3) is 4.46. The Morgan fingerprint density at radius 3 is 2.65 bits per heavy atom. The fourth-order valence-electron chi connectivity index (χ4n) is 4.74. The Labute approximate surface area is 215 Å². The van der Waals surface area contributed by atoms with Crippen LogP contribution in [0.3, 0.4) is 0 Å². The van der Waals surface area contributed by atoms with Crippen LogP contribution in [0.1, 0.15) is 25.2 Å². The lowest BCUT2D eigenvalue weighted by Crippen LogP contribution is -2.44. The number of aromatic nitrogens is 8. The van der Waals surface area contributed by atoms with Crippen LogP contribution in [0.15, 0.2) is 43.0 Å². The van der Waals surface area contributed by atoms with Gasteiger partial charge in [-0.2, -0.15) is 0 Å². The molecule has 0 unspecified atom stereocenters. The molecule has 5 aromatic rings. The molecule has 1 saturated heterocycles. The molecule has 1 aliphatic rings. The topological polar surface area (TPSA) is 105 Å². The fourth-order valence-corrected chi connectivity index (χ4v) is 4.74. The lowest BCUT2D eigenvalue weighted by atomic mass is 10.2. The van der Waals surface area contributed by atoms with E-state index in [2.05, 4.69) is 67.9 Å². The summed E-state index contributed by atoms with van der Waals surface area (Å²) in [6.07, 6.45) is 7.53. The molecule has 0 radical (unpaired) electrons. The first-order valence-electron chi connectivity index (χ1n) is 12.6. The monoisotopic (exact) mass is 497 g/mol. The van der Waals surface area contributed by atoms with Crippen molar-refractivity contribution in [1.82, 2.24) is 44.0 Å². The van der Waals surface area contributed by atoms with Crippen LogP contribution in [-0.2, 0) is 6.54 Å². The number of fused-ring (bicyclic) bond motifs is 2. The van der Waals surface area contributed by atoms with E-state index in [1.165, 1.54) is 0 Å². The van der Waals surface area contributed by atoms with Crippen LogP contribution in [-0.4, -0.2) is 83.3 Å². The van der Waals surface area contributed by atoms with Gasteiger partial charge in [-0.05, 0) is 39.4 Å². The van der Waals surface area contributed by atoms with E-state index in [9.17, 15) is 0 Å². The summed E-state index contributed by atoms with van der Waals surface area (Å²) in [6, 6.07) is 6.38. The van der Waals surface area contributed by atoms with Gasteiger partial charge in [0.05, 0.1) is 18.3 Å². The van der Waals surface area contributed by atoms with E-state index < -0.39 is 0 Å². The van der Waals surface area contributed by atoms with Crippen LogP contribution in [0, 0.1) is 6.92 Å². The Kier molecular flexibility index (Phi) is 5.91. The summed E-state index contributed by atoms with van der Waals surface area (Å²) in [6.45, 7) is 10.7. The summed E-state index contributed by atoms with van der Waals surface area (Å²) in [5.74, 6) is 3.21. The molecule has 11 nitrogen and oxygen atoms in total. The number of anilines is 2. The number of nitrogens with one attached hydrogen (secondary N) is 1. The number of hydrogen-bond acceptors (Lipinski definition) is 9. The number of rotatable bonds is 6. The second-order valence-electron chi connectivity index (χ2n) is 9.92. The third-order valence-corrected chi connectivity index (χ3v) is 6.73. The standard InChI is InChI=1S/C26H31N11/c1-17(2)29-24-26-33-32-18(3)36(26)16-21(30-24)25-31-20-14-28-23(35-10-8-34(4)9-11-35)12-22(20)37(25)15-19-6-5-7-27-13-19/h5-7,12-14,16-17H,8-11,15H2,1-4H3,(H,29,30). The number of aryl methyl sites for hydroxylation is 1. The molecule has 11 heteroatoms. The van der Waals surface area contributed by atoms with Gasteiger partial charge in [0.2, 0.25) is 5.65 Å². The molecule has 5 aromatic heterocycles. The molecule has 0 aromatic carbocycles. The Morgan fingerprint density at radius 2 is 1.89 bits per heavy atom. The highest BCUT2D eigenvalue weighted by atomic mass is 15.3. The molecule has 0 bridgehead atoms. The zero-order valence-corrected chi connectivity index (χ0v) is 21.6. The zero-order valence-electron chi connectivity index (χ0n) is 21.6. The van der Waals surface area contributed by atoms with Gasteiger partial charge < -0.3 is 19.7 Å². The van der Waals surface area contributed by atoms with Crippen molar-refractivity contribution in [1.29, 1.82) is 0 Å². The Balaban J connectivity index is 1.52. The number of nitrogens with zero attached hydrogens (tertiary/aromatic N) is 10. The summed E-state index contributed by atoms with van der Waals surface area (Å²) in [5.41, 5.74) is 4.37. The first-order chi connectivity index (χ1) is 18.0. The highest BCUT2D eigenvalue weighted by Gasteiger charge is 2.21. The van der Waals surface area contributed by atoms with E-state index >= 15 is 0 Å². The highest BCUT2D eigenvalue weighted by molar-refractivity contribution is 5.82. The minimum absolute atomic E-state index is 0.188. The molecule has 0 amide bonds. The van der Waals surface area contributed by atoms with Gasteiger partial charge in [-0.15, -0.1) is 10.2 Å². The average molecular weight is 498 g/mol. The number of piperazine rings is 1. The number of pyridine rings is 2. The highest BCUT2D eigenvalue weighted by Crippen LogP contribution is 2.29. The summed E-state index contributed by atoms with van der Waals surface area (Å²) in [5, 5.41) is 12.0. The van der Waals surface area contributed by atoms with E-state index in [0.717, 1.165) is 65.9 Å². The minimum atomic E-state index is 0.188. The summed E-state index contributed by atoms with van der Waals surface area (Å²) < 4.78 is 4.18. The normalized spacial score (nSPS) is 14.8. The van der Waals surface area contributed by atoms with Crippen LogP contribution in [0.25, 0.3) is 28.2 Å². The third-order valence-electron chi connectivity index (χ3n) is 6.73. The van der Waals surface area contributed by atoms with Crippen molar-refractivity contribution in [2.45, 2.75) is 33.4 Å². The molecule has 1 N–H and O–H groups in total. The molecule has 6 heterocycles. The van der Waals surface area contributed by atoms with Gasteiger partial charge in [-0.25, -0.2) is 15.0 Å². The van der Waals surface area contributed by atoms with E-state index in [-0.39, 0.29) is 6.04 Å². The molecule has 0 atom stereocenters. The van der Waals surface area contributed by atoms with Crippen molar-refractivity contribution in [2.24, 2.45) is 0 Å². The van der Waals surface area contributed by atoms with Crippen molar-refractivity contribution in [3.63, 3.8) is 0 Å². The SMILES string of the molecule is Cc1nnc2c(NC(C)C)nc(-c3nc4cnc(N5CCN(C)CC5)cc4n3Cc3cccnc3)cn12. The molecule has 37 heavy (non-hydrogen) atoms. The van der Waals surface area contributed by atoms with Gasteiger partial charge in [0.1, 0.15) is 22.9 Å². The fraction of sp³-hybridized carbons (Fsp3) is 0.385. The van der Waals surface area contributed by atoms with Crippen LogP contribution >= 0.6 is 0 Å². The maximum absolute atomic E-state index is 5.03. The summed E-state index contributed by atoms with van der Waals surface area (Å²) >= 11 is 0.